The van der Waals surface area contributed by atoms with Crippen molar-refractivity contribution in [2.75, 3.05) is 5.32 Å². The number of anilines is 1. The second kappa shape index (κ2) is 6.71. The molecule has 1 amide bonds. The number of Topliss-reactive ketones (excluding diaryl/α,β-unsaturated/α-hetero) is 1. The van der Waals surface area contributed by atoms with Gasteiger partial charge in [-0.05, 0) is 50.3 Å². The van der Waals surface area contributed by atoms with Crippen LogP contribution in [-0.4, -0.2) is 26.3 Å². The molecule has 1 N–H and O–H groups in total. The van der Waals surface area contributed by atoms with E-state index in [9.17, 15) is 9.59 Å². The lowest BCUT2D eigenvalue weighted by molar-refractivity contribution is 0.101. The van der Waals surface area contributed by atoms with E-state index in [1.165, 1.54) is 25.3 Å². The van der Waals surface area contributed by atoms with Gasteiger partial charge < -0.3 is 5.32 Å². The minimum absolute atomic E-state index is 0.0403. The van der Waals surface area contributed by atoms with Crippen molar-refractivity contribution in [1.82, 2.24) is 14.6 Å². The van der Waals surface area contributed by atoms with Crippen LogP contribution in [-0.2, 0) is 12.8 Å². The van der Waals surface area contributed by atoms with Crippen molar-refractivity contribution in [1.29, 1.82) is 0 Å². The van der Waals surface area contributed by atoms with Crippen LogP contribution in [0.3, 0.4) is 0 Å². The Labute approximate surface area is 151 Å². The topological polar surface area (TPSA) is 76.4 Å². The lowest BCUT2D eigenvalue weighted by atomic mass is 10.1. The number of aromatic nitrogens is 3. The molecule has 2 heterocycles. The first-order valence-electron chi connectivity index (χ1n) is 8.90. The van der Waals surface area contributed by atoms with Crippen molar-refractivity contribution in [2.45, 2.75) is 39.0 Å². The van der Waals surface area contributed by atoms with Crippen LogP contribution in [0.5, 0.6) is 0 Å². The summed E-state index contributed by atoms with van der Waals surface area (Å²) in [5.41, 5.74) is 4.53. The van der Waals surface area contributed by atoms with Crippen molar-refractivity contribution >= 4 is 23.0 Å². The molecule has 26 heavy (non-hydrogen) atoms. The molecule has 6 nitrogen and oxygen atoms in total. The van der Waals surface area contributed by atoms with E-state index in [0.29, 0.717) is 22.5 Å². The van der Waals surface area contributed by atoms with Crippen LogP contribution in [0.2, 0.25) is 0 Å². The zero-order valence-corrected chi connectivity index (χ0v) is 14.7. The Balaban J connectivity index is 1.66. The predicted molar refractivity (Wildman–Crippen MR) is 98.6 cm³/mol. The average Bonchev–Trinajstić information content (AvgIpc) is 2.92. The maximum Gasteiger partial charge on any atom is 0.261 e. The highest BCUT2D eigenvalue weighted by Crippen LogP contribution is 2.22. The first-order chi connectivity index (χ1) is 12.6. The van der Waals surface area contributed by atoms with Crippen LogP contribution in [0.15, 0.2) is 36.7 Å². The fraction of sp³-hybridized carbons (Fsp3) is 0.300. The highest BCUT2D eigenvalue weighted by molar-refractivity contribution is 6.08. The second-order valence-electron chi connectivity index (χ2n) is 6.68. The van der Waals surface area contributed by atoms with E-state index in [-0.39, 0.29) is 11.7 Å². The van der Waals surface area contributed by atoms with Crippen molar-refractivity contribution in [2.24, 2.45) is 0 Å². The number of nitrogens with one attached hydrogen (secondary N) is 1. The molecule has 0 radical (unpaired) electrons. The smallest absolute Gasteiger partial charge is 0.261 e. The quantitative estimate of drug-likeness (QED) is 0.581. The number of ketones is 1. The standard InChI is InChI=1S/C20H20N4O2/c1-13(25)14-7-5-8-16(10-14)23-20(26)17-12-22-24-18-9-4-2-3-6-15(18)11-21-19(17)24/h5,7-8,10-12H,2-4,6,9H2,1H3,(H,23,26). The summed E-state index contributed by atoms with van der Waals surface area (Å²) in [5.74, 6) is -0.316. The van der Waals surface area contributed by atoms with Crippen LogP contribution in [0, 0.1) is 0 Å². The molecule has 1 aromatic carbocycles. The van der Waals surface area contributed by atoms with E-state index < -0.39 is 0 Å². The molecule has 4 rings (SSSR count). The number of hydrogen-bond donors (Lipinski definition) is 1. The van der Waals surface area contributed by atoms with Gasteiger partial charge in [0.2, 0.25) is 0 Å². The minimum Gasteiger partial charge on any atom is -0.322 e. The van der Waals surface area contributed by atoms with Crippen LogP contribution in [0.4, 0.5) is 5.69 Å². The fourth-order valence-electron chi connectivity index (χ4n) is 3.45. The summed E-state index contributed by atoms with van der Waals surface area (Å²) in [5, 5.41) is 7.26. The summed E-state index contributed by atoms with van der Waals surface area (Å²) in [7, 11) is 0. The van der Waals surface area contributed by atoms with Gasteiger partial charge in [-0.1, -0.05) is 18.6 Å². The zero-order chi connectivity index (χ0) is 18.1. The maximum atomic E-state index is 12.7. The van der Waals surface area contributed by atoms with E-state index in [1.54, 1.807) is 30.5 Å². The maximum absolute atomic E-state index is 12.7. The van der Waals surface area contributed by atoms with Crippen LogP contribution in [0.25, 0.3) is 5.65 Å². The highest BCUT2D eigenvalue weighted by Gasteiger charge is 2.19. The Morgan fingerprint density at radius 1 is 1.12 bits per heavy atom. The molecule has 132 valence electrons. The molecule has 3 aromatic rings. The van der Waals surface area contributed by atoms with Gasteiger partial charge in [-0.25, -0.2) is 9.50 Å². The summed E-state index contributed by atoms with van der Waals surface area (Å²) in [6.45, 7) is 1.50. The molecule has 0 spiro atoms. The van der Waals surface area contributed by atoms with Gasteiger partial charge in [-0.2, -0.15) is 5.10 Å². The molecular formula is C20H20N4O2. The molecule has 1 aliphatic rings. The van der Waals surface area contributed by atoms with Gasteiger partial charge in [0, 0.05) is 23.1 Å². The van der Waals surface area contributed by atoms with Gasteiger partial charge in [0.15, 0.2) is 11.4 Å². The predicted octanol–water partition coefficient (Wildman–Crippen LogP) is 3.45. The number of carbonyl (C=O) groups excluding carboxylic acids is 2. The Morgan fingerprint density at radius 2 is 1.96 bits per heavy atom. The summed E-state index contributed by atoms with van der Waals surface area (Å²) >= 11 is 0. The molecule has 0 saturated heterocycles. The SMILES string of the molecule is CC(=O)c1cccc(NC(=O)c2cnn3c4c(cnc23)CCCCC4)c1. The monoisotopic (exact) mass is 348 g/mol. The normalized spacial score (nSPS) is 13.9. The summed E-state index contributed by atoms with van der Waals surface area (Å²) in [6.07, 6.45) is 8.92. The van der Waals surface area contributed by atoms with E-state index in [4.69, 9.17) is 0 Å². The van der Waals surface area contributed by atoms with Gasteiger partial charge in [0.1, 0.15) is 5.56 Å². The molecule has 0 bridgehead atoms. The number of rotatable bonds is 3. The average molecular weight is 348 g/mol. The van der Waals surface area contributed by atoms with E-state index in [2.05, 4.69) is 15.4 Å². The van der Waals surface area contributed by atoms with Gasteiger partial charge in [-0.3, -0.25) is 9.59 Å². The van der Waals surface area contributed by atoms with Crippen molar-refractivity contribution in [3.8, 4) is 0 Å². The number of benzene rings is 1. The molecule has 0 saturated carbocycles. The fourth-order valence-corrected chi connectivity index (χ4v) is 3.45. The van der Waals surface area contributed by atoms with Crippen LogP contribution in [0.1, 0.15) is 58.2 Å². The van der Waals surface area contributed by atoms with Crippen LogP contribution < -0.4 is 5.32 Å². The van der Waals surface area contributed by atoms with Gasteiger partial charge in [0.05, 0.1) is 6.20 Å². The second-order valence-corrected chi connectivity index (χ2v) is 6.68. The van der Waals surface area contributed by atoms with E-state index in [1.807, 2.05) is 10.7 Å². The van der Waals surface area contributed by atoms with E-state index in [0.717, 1.165) is 25.0 Å². The third kappa shape index (κ3) is 2.98. The lowest BCUT2D eigenvalue weighted by Crippen LogP contribution is -2.13. The van der Waals surface area contributed by atoms with Gasteiger partial charge in [-0.15, -0.1) is 0 Å². The Bertz CT molecular complexity index is 1010. The van der Waals surface area contributed by atoms with Crippen molar-refractivity contribution in [3.63, 3.8) is 0 Å². The summed E-state index contributed by atoms with van der Waals surface area (Å²) in [6, 6.07) is 6.91. The highest BCUT2D eigenvalue weighted by atomic mass is 16.1. The summed E-state index contributed by atoms with van der Waals surface area (Å²) < 4.78 is 1.81. The lowest BCUT2D eigenvalue weighted by Gasteiger charge is -2.08. The number of fused-ring (bicyclic) bond motifs is 3. The third-order valence-electron chi connectivity index (χ3n) is 4.84. The molecule has 1 aliphatic carbocycles. The van der Waals surface area contributed by atoms with Gasteiger partial charge in [0.25, 0.3) is 5.91 Å². The van der Waals surface area contributed by atoms with Gasteiger partial charge >= 0.3 is 0 Å². The molecule has 0 fully saturated rings. The molecule has 2 aromatic heterocycles. The summed E-state index contributed by atoms with van der Waals surface area (Å²) in [4.78, 5) is 28.7. The molecule has 0 atom stereocenters. The third-order valence-corrected chi connectivity index (χ3v) is 4.84. The first kappa shape index (κ1) is 16.4. The number of hydrogen-bond acceptors (Lipinski definition) is 4. The zero-order valence-electron chi connectivity index (χ0n) is 14.7. The first-order valence-corrected chi connectivity index (χ1v) is 8.90. The molecule has 0 aliphatic heterocycles. The Kier molecular flexibility index (Phi) is 4.24. The molecule has 6 heteroatoms. The number of aryl methyl sites for hydroxylation is 2. The largest absolute Gasteiger partial charge is 0.322 e. The number of amides is 1. The molecule has 0 unspecified atom stereocenters. The van der Waals surface area contributed by atoms with Crippen molar-refractivity contribution < 1.29 is 9.59 Å². The molecular weight excluding hydrogens is 328 g/mol. The minimum atomic E-state index is -0.276. The Morgan fingerprint density at radius 3 is 2.81 bits per heavy atom. The Hall–Kier alpha value is -3.02. The van der Waals surface area contributed by atoms with Crippen molar-refractivity contribution in [3.05, 3.63) is 59.0 Å². The van der Waals surface area contributed by atoms with Crippen LogP contribution >= 0.6 is 0 Å². The number of nitrogens with zero attached hydrogens (tertiary/aromatic N) is 3. The number of carbonyl (C=O) groups is 2. The van der Waals surface area contributed by atoms with E-state index >= 15 is 0 Å².